The number of nitrogens with one attached hydrogen (secondary N) is 1. The summed E-state index contributed by atoms with van der Waals surface area (Å²) in [5.41, 5.74) is 0.391. The van der Waals surface area contributed by atoms with Gasteiger partial charge in [0, 0.05) is 17.7 Å². The van der Waals surface area contributed by atoms with Gasteiger partial charge in [0.1, 0.15) is 11.5 Å². The first-order chi connectivity index (χ1) is 10.0. The molecule has 1 aliphatic rings. The van der Waals surface area contributed by atoms with Crippen molar-refractivity contribution in [1.29, 1.82) is 0 Å². The van der Waals surface area contributed by atoms with Crippen LogP contribution in [-0.2, 0) is 4.79 Å². The second-order valence-electron chi connectivity index (χ2n) is 5.06. The molecular weight excluding hydrogens is 274 g/mol. The van der Waals surface area contributed by atoms with E-state index >= 15 is 0 Å². The lowest BCUT2D eigenvalue weighted by Gasteiger charge is -2.18. The van der Waals surface area contributed by atoms with Crippen LogP contribution in [0.2, 0.25) is 0 Å². The number of hydrogen-bond acceptors (Lipinski definition) is 4. The SMILES string of the molecule is COc1cc(OC)cc(C(=O)NC2CCCC2C(=O)O)c1. The van der Waals surface area contributed by atoms with Crippen molar-refractivity contribution in [3.63, 3.8) is 0 Å². The van der Waals surface area contributed by atoms with Crippen molar-refractivity contribution in [1.82, 2.24) is 5.32 Å². The molecule has 0 bridgehead atoms. The molecule has 1 fully saturated rings. The maximum atomic E-state index is 12.3. The van der Waals surface area contributed by atoms with E-state index in [1.54, 1.807) is 18.2 Å². The average Bonchev–Trinajstić information content (AvgIpc) is 2.94. The quantitative estimate of drug-likeness (QED) is 0.863. The van der Waals surface area contributed by atoms with Crippen molar-refractivity contribution >= 4 is 11.9 Å². The summed E-state index contributed by atoms with van der Waals surface area (Å²) in [4.78, 5) is 23.4. The highest BCUT2D eigenvalue weighted by molar-refractivity contribution is 5.95. The second kappa shape index (κ2) is 6.47. The van der Waals surface area contributed by atoms with Crippen molar-refractivity contribution in [2.24, 2.45) is 5.92 Å². The third-order valence-corrected chi connectivity index (χ3v) is 3.76. The molecule has 0 aromatic heterocycles. The van der Waals surface area contributed by atoms with Gasteiger partial charge in [-0.15, -0.1) is 0 Å². The first kappa shape index (κ1) is 15.2. The van der Waals surface area contributed by atoms with Crippen LogP contribution in [0, 0.1) is 5.92 Å². The summed E-state index contributed by atoms with van der Waals surface area (Å²) in [7, 11) is 3.02. The van der Waals surface area contributed by atoms with Crippen LogP contribution in [0.15, 0.2) is 18.2 Å². The van der Waals surface area contributed by atoms with Crippen LogP contribution in [0.4, 0.5) is 0 Å². The number of carboxylic acids is 1. The summed E-state index contributed by atoms with van der Waals surface area (Å²) in [6.07, 6.45) is 2.09. The van der Waals surface area contributed by atoms with Gasteiger partial charge in [-0.25, -0.2) is 0 Å². The summed E-state index contributed by atoms with van der Waals surface area (Å²) < 4.78 is 10.2. The molecule has 1 aliphatic carbocycles. The molecule has 2 atom stereocenters. The number of benzene rings is 1. The molecule has 114 valence electrons. The summed E-state index contributed by atoms with van der Waals surface area (Å²) >= 11 is 0. The van der Waals surface area contributed by atoms with Crippen molar-refractivity contribution in [3.8, 4) is 11.5 Å². The first-order valence-corrected chi connectivity index (χ1v) is 6.82. The highest BCUT2D eigenvalue weighted by Gasteiger charge is 2.34. The zero-order valence-corrected chi connectivity index (χ0v) is 12.1. The molecular formula is C15H19NO5. The number of amides is 1. The molecule has 6 nitrogen and oxygen atoms in total. The summed E-state index contributed by atoms with van der Waals surface area (Å²) in [5, 5.41) is 11.9. The van der Waals surface area contributed by atoms with Gasteiger partial charge in [-0.2, -0.15) is 0 Å². The first-order valence-electron chi connectivity index (χ1n) is 6.82. The predicted octanol–water partition coefficient (Wildman–Crippen LogP) is 1.69. The Hall–Kier alpha value is -2.24. The fourth-order valence-electron chi connectivity index (χ4n) is 2.62. The number of aliphatic carboxylic acids is 1. The van der Waals surface area contributed by atoms with Gasteiger partial charge in [-0.1, -0.05) is 6.42 Å². The van der Waals surface area contributed by atoms with E-state index in [2.05, 4.69) is 5.32 Å². The van der Waals surface area contributed by atoms with Gasteiger partial charge in [0.05, 0.1) is 20.1 Å². The second-order valence-corrected chi connectivity index (χ2v) is 5.06. The third-order valence-electron chi connectivity index (χ3n) is 3.76. The monoisotopic (exact) mass is 293 g/mol. The van der Waals surface area contributed by atoms with Crippen molar-refractivity contribution in [3.05, 3.63) is 23.8 Å². The van der Waals surface area contributed by atoms with Gasteiger partial charge in [-0.05, 0) is 25.0 Å². The number of carbonyl (C=O) groups is 2. The fraction of sp³-hybridized carbons (Fsp3) is 0.467. The average molecular weight is 293 g/mol. The summed E-state index contributed by atoms with van der Waals surface area (Å²) in [6, 6.07) is 4.55. The van der Waals surface area contributed by atoms with E-state index in [1.165, 1.54) is 14.2 Å². The standard InChI is InChI=1S/C15H19NO5/c1-20-10-6-9(7-11(8-10)21-2)14(17)16-13-5-3-4-12(13)15(18)19/h6-8,12-13H,3-5H2,1-2H3,(H,16,17)(H,18,19). The Morgan fingerprint density at radius 3 is 2.29 bits per heavy atom. The molecule has 0 heterocycles. The summed E-state index contributed by atoms with van der Waals surface area (Å²) in [5.74, 6) is -0.658. The Morgan fingerprint density at radius 1 is 1.14 bits per heavy atom. The predicted molar refractivity (Wildman–Crippen MR) is 75.8 cm³/mol. The highest BCUT2D eigenvalue weighted by Crippen LogP contribution is 2.27. The normalized spacial score (nSPS) is 20.9. The van der Waals surface area contributed by atoms with E-state index in [9.17, 15) is 9.59 Å². The molecule has 0 aliphatic heterocycles. The molecule has 1 aromatic carbocycles. The Balaban J connectivity index is 2.14. The lowest BCUT2D eigenvalue weighted by molar-refractivity contribution is -0.142. The Morgan fingerprint density at radius 2 is 1.76 bits per heavy atom. The van der Waals surface area contributed by atoms with Gasteiger partial charge < -0.3 is 19.9 Å². The minimum Gasteiger partial charge on any atom is -0.497 e. The molecule has 1 saturated carbocycles. The fourth-order valence-corrected chi connectivity index (χ4v) is 2.62. The molecule has 2 N–H and O–H groups in total. The van der Waals surface area contributed by atoms with Crippen LogP contribution in [0.5, 0.6) is 11.5 Å². The van der Waals surface area contributed by atoms with E-state index in [-0.39, 0.29) is 11.9 Å². The van der Waals surface area contributed by atoms with Gasteiger partial charge in [-0.3, -0.25) is 9.59 Å². The van der Waals surface area contributed by atoms with E-state index in [1.807, 2.05) is 0 Å². The van der Waals surface area contributed by atoms with Gasteiger partial charge in [0.15, 0.2) is 0 Å². The van der Waals surface area contributed by atoms with Crippen LogP contribution in [-0.4, -0.2) is 37.2 Å². The third kappa shape index (κ3) is 3.45. The minimum atomic E-state index is -0.860. The smallest absolute Gasteiger partial charge is 0.308 e. The molecule has 1 amide bonds. The molecule has 2 rings (SSSR count). The van der Waals surface area contributed by atoms with Crippen LogP contribution < -0.4 is 14.8 Å². The molecule has 2 unspecified atom stereocenters. The van der Waals surface area contributed by atoms with Gasteiger partial charge in [0.25, 0.3) is 5.91 Å². The molecule has 0 saturated heterocycles. The van der Waals surface area contributed by atoms with Crippen molar-refractivity contribution < 1.29 is 24.2 Å². The lowest BCUT2D eigenvalue weighted by Crippen LogP contribution is -2.40. The zero-order chi connectivity index (χ0) is 15.4. The van der Waals surface area contributed by atoms with Gasteiger partial charge in [0.2, 0.25) is 0 Å². The molecule has 6 heteroatoms. The Kier molecular flexibility index (Phi) is 4.67. The number of rotatable bonds is 5. The van der Waals surface area contributed by atoms with Crippen molar-refractivity contribution in [2.75, 3.05) is 14.2 Å². The van der Waals surface area contributed by atoms with Crippen LogP contribution >= 0.6 is 0 Å². The number of hydrogen-bond donors (Lipinski definition) is 2. The largest absolute Gasteiger partial charge is 0.497 e. The topological polar surface area (TPSA) is 84.9 Å². The number of carbonyl (C=O) groups excluding carboxylic acids is 1. The van der Waals surface area contributed by atoms with E-state index in [0.717, 1.165) is 6.42 Å². The lowest BCUT2D eigenvalue weighted by atomic mass is 10.0. The summed E-state index contributed by atoms with van der Waals surface area (Å²) in [6.45, 7) is 0. The molecule has 0 radical (unpaired) electrons. The molecule has 1 aromatic rings. The Labute approximate surface area is 123 Å². The maximum Gasteiger partial charge on any atom is 0.308 e. The maximum absolute atomic E-state index is 12.3. The van der Waals surface area contributed by atoms with Gasteiger partial charge >= 0.3 is 5.97 Å². The molecule has 0 spiro atoms. The minimum absolute atomic E-state index is 0.314. The molecule has 21 heavy (non-hydrogen) atoms. The zero-order valence-electron chi connectivity index (χ0n) is 12.1. The van der Waals surface area contributed by atoms with E-state index < -0.39 is 11.9 Å². The van der Waals surface area contributed by atoms with Crippen LogP contribution in [0.3, 0.4) is 0 Å². The number of carboxylic acid groups (broad SMARTS) is 1. The van der Waals surface area contributed by atoms with Crippen LogP contribution in [0.1, 0.15) is 29.6 Å². The Bertz CT molecular complexity index is 521. The number of methoxy groups -OCH3 is 2. The number of ether oxygens (including phenoxy) is 2. The van der Waals surface area contributed by atoms with E-state index in [4.69, 9.17) is 14.6 Å². The van der Waals surface area contributed by atoms with E-state index in [0.29, 0.717) is 29.9 Å². The van der Waals surface area contributed by atoms with Crippen LogP contribution in [0.25, 0.3) is 0 Å². The highest BCUT2D eigenvalue weighted by atomic mass is 16.5. The van der Waals surface area contributed by atoms with Crippen molar-refractivity contribution in [2.45, 2.75) is 25.3 Å².